The molecular weight excluding hydrogens is 265 g/mol. The van der Waals surface area contributed by atoms with Crippen molar-refractivity contribution in [3.8, 4) is 0 Å². The number of benzene rings is 1. The molecule has 20 heavy (non-hydrogen) atoms. The van der Waals surface area contributed by atoms with Gasteiger partial charge in [0.25, 0.3) is 0 Å². The molecule has 2 rings (SSSR count). The number of aliphatic hydroxyl groups is 1. The number of halogens is 3. The van der Waals surface area contributed by atoms with Crippen LogP contribution in [0.25, 0.3) is 0 Å². The lowest BCUT2D eigenvalue weighted by molar-refractivity contribution is -0.137. The Labute approximate surface area is 117 Å². The SMILES string of the molecule is OC(CC1=CCCCC1)Cc1cccc(C(F)(F)F)c1. The topological polar surface area (TPSA) is 20.2 Å². The van der Waals surface area contributed by atoms with Crippen LogP contribution in [0.5, 0.6) is 0 Å². The molecule has 1 unspecified atom stereocenters. The van der Waals surface area contributed by atoms with Crippen molar-refractivity contribution in [2.75, 3.05) is 0 Å². The molecule has 1 aromatic carbocycles. The van der Waals surface area contributed by atoms with Crippen LogP contribution in [0.4, 0.5) is 13.2 Å². The Bertz CT molecular complexity index is 477. The lowest BCUT2D eigenvalue weighted by Crippen LogP contribution is -2.13. The second-order valence-corrected chi connectivity index (χ2v) is 5.37. The van der Waals surface area contributed by atoms with Crippen molar-refractivity contribution in [1.29, 1.82) is 0 Å². The minimum Gasteiger partial charge on any atom is -0.392 e. The summed E-state index contributed by atoms with van der Waals surface area (Å²) < 4.78 is 37.8. The molecule has 1 nitrogen and oxygen atoms in total. The number of hydrogen-bond acceptors (Lipinski definition) is 1. The normalized spacial score (nSPS) is 17.7. The van der Waals surface area contributed by atoms with Gasteiger partial charge in [-0.05, 0) is 50.2 Å². The van der Waals surface area contributed by atoms with Crippen LogP contribution in [0.15, 0.2) is 35.9 Å². The van der Waals surface area contributed by atoms with Crippen LogP contribution in [0.3, 0.4) is 0 Å². The molecule has 0 radical (unpaired) electrons. The van der Waals surface area contributed by atoms with Gasteiger partial charge in [-0.3, -0.25) is 0 Å². The molecule has 0 heterocycles. The summed E-state index contributed by atoms with van der Waals surface area (Å²) in [4.78, 5) is 0. The van der Waals surface area contributed by atoms with Crippen molar-refractivity contribution in [2.24, 2.45) is 0 Å². The third-order valence-electron chi connectivity index (χ3n) is 3.61. The summed E-state index contributed by atoms with van der Waals surface area (Å²) in [5.74, 6) is 0. The van der Waals surface area contributed by atoms with Crippen LogP contribution in [0, 0.1) is 0 Å². The summed E-state index contributed by atoms with van der Waals surface area (Å²) in [5.41, 5.74) is 1.11. The van der Waals surface area contributed by atoms with Crippen LogP contribution in [0.1, 0.15) is 43.2 Å². The van der Waals surface area contributed by atoms with Crippen molar-refractivity contribution < 1.29 is 18.3 Å². The van der Waals surface area contributed by atoms with Gasteiger partial charge in [-0.1, -0.05) is 29.8 Å². The Morgan fingerprint density at radius 2 is 1.95 bits per heavy atom. The highest BCUT2D eigenvalue weighted by Gasteiger charge is 2.30. The molecule has 1 aliphatic carbocycles. The largest absolute Gasteiger partial charge is 0.416 e. The van der Waals surface area contributed by atoms with Gasteiger partial charge >= 0.3 is 6.18 Å². The zero-order valence-electron chi connectivity index (χ0n) is 11.3. The average Bonchev–Trinajstić information content (AvgIpc) is 2.39. The molecule has 1 atom stereocenters. The molecule has 0 aliphatic heterocycles. The zero-order chi connectivity index (χ0) is 14.6. The molecule has 0 spiro atoms. The molecular formula is C16H19F3O. The van der Waals surface area contributed by atoms with Gasteiger partial charge in [0.15, 0.2) is 0 Å². The van der Waals surface area contributed by atoms with Crippen molar-refractivity contribution in [2.45, 2.75) is 50.8 Å². The number of alkyl halides is 3. The Morgan fingerprint density at radius 1 is 1.15 bits per heavy atom. The molecule has 0 saturated carbocycles. The van der Waals surface area contributed by atoms with Gasteiger partial charge in [0.2, 0.25) is 0 Å². The first-order valence-corrected chi connectivity index (χ1v) is 6.97. The molecule has 0 amide bonds. The molecule has 0 aromatic heterocycles. The van der Waals surface area contributed by atoms with E-state index in [0.29, 0.717) is 12.0 Å². The van der Waals surface area contributed by atoms with Gasteiger partial charge in [-0.2, -0.15) is 13.2 Å². The van der Waals surface area contributed by atoms with Crippen LogP contribution < -0.4 is 0 Å². The average molecular weight is 284 g/mol. The first kappa shape index (κ1) is 15.1. The molecule has 0 bridgehead atoms. The highest BCUT2D eigenvalue weighted by Crippen LogP contribution is 2.30. The monoisotopic (exact) mass is 284 g/mol. The van der Waals surface area contributed by atoms with Gasteiger partial charge in [0.05, 0.1) is 11.7 Å². The number of rotatable bonds is 4. The second-order valence-electron chi connectivity index (χ2n) is 5.37. The molecule has 4 heteroatoms. The van der Waals surface area contributed by atoms with Gasteiger partial charge in [0.1, 0.15) is 0 Å². The molecule has 1 aromatic rings. The first-order chi connectivity index (χ1) is 9.45. The summed E-state index contributed by atoms with van der Waals surface area (Å²) in [5, 5.41) is 10.0. The fourth-order valence-electron chi connectivity index (χ4n) is 2.61. The summed E-state index contributed by atoms with van der Waals surface area (Å²) in [6.45, 7) is 0. The van der Waals surface area contributed by atoms with E-state index >= 15 is 0 Å². The Balaban J connectivity index is 1.97. The summed E-state index contributed by atoms with van der Waals surface area (Å²) >= 11 is 0. The number of allylic oxidation sites excluding steroid dienone is 1. The van der Waals surface area contributed by atoms with Crippen molar-refractivity contribution in [3.05, 3.63) is 47.0 Å². The lowest BCUT2D eigenvalue weighted by atomic mass is 9.93. The van der Waals surface area contributed by atoms with Crippen LogP contribution in [0.2, 0.25) is 0 Å². The predicted octanol–water partition coefficient (Wildman–Crippen LogP) is 4.50. The fourth-order valence-corrected chi connectivity index (χ4v) is 2.61. The third kappa shape index (κ3) is 4.37. The minimum atomic E-state index is -4.33. The van der Waals surface area contributed by atoms with E-state index in [2.05, 4.69) is 6.08 Å². The zero-order valence-corrected chi connectivity index (χ0v) is 11.3. The van der Waals surface area contributed by atoms with Crippen LogP contribution >= 0.6 is 0 Å². The van der Waals surface area contributed by atoms with E-state index in [1.807, 2.05) is 0 Å². The maximum absolute atomic E-state index is 12.6. The third-order valence-corrected chi connectivity index (χ3v) is 3.61. The van der Waals surface area contributed by atoms with E-state index in [9.17, 15) is 18.3 Å². The van der Waals surface area contributed by atoms with E-state index in [4.69, 9.17) is 0 Å². The second kappa shape index (κ2) is 6.44. The van der Waals surface area contributed by atoms with Crippen LogP contribution in [-0.4, -0.2) is 11.2 Å². The van der Waals surface area contributed by atoms with Gasteiger partial charge in [0, 0.05) is 0 Å². The molecule has 0 fully saturated rings. The highest BCUT2D eigenvalue weighted by atomic mass is 19.4. The fraction of sp³-hybridized carbons (Fsp3) is 0.500. The Morgan fingerprint density at radius 3 is 2.60 bits per heavy atom. The summed E-state index contributed by atoms with van der Waals surface area (Å²) in [6, 6.07) is 5.20. The van der Waals surface area contributed by atoms with Crippen LogP contribution in [-0.2, 0) is 12.6 Å². The van der Waals surface area contributed by atoms with Gasteiger partial charge in [-0.25, -0.2) is 0 Å². The van der Waals surface area contributed by atoms with Crippen molar-refractivity contribution in [3.63, 3.8) is 0 Å². The van der Waals surface area contributed by atoms with E-state index < -0.39 is 17.8 Å². The van der Waals surface area contributed by atoms with E-state index in [1.54, 1.807) is 6.07 Å². The number of hydrogen-bond donors (Lipinski definition) is 1. The maximum atomic E-state index is 12.6. The molecule has 110 valence electrons. The quantitative estimate of drug-likeness (QED) is 0.807. The van der Waals surface area contributed by atoms with E-state index in [-0.39, 0.29) is 6.42 Å². The lowest BCUT2D eigenvalue weighted by Gasteiger charge is -2.17. The summed E-state index contributed by atoms with van der Waals surface area (Å²) in [7, 11) is 0. The van der Waals surface area contributed by atoms with Gasteiger partial charge in [-0.15, -0.1) is 0 Å². The Kier molecular flexibility index (Phi) is 4.86. The number of aliphatic hydroxyl groups excluding tert-OH is 1. The summed E-state index contributed by atoms with van der Waals surface area (Å²) in [6.07, 6.45) is 2.42. The standard InChI is InChI=1S/C16H19F3O/c17-16(18,19)14-8-4-7-13(9-14)11-15(20)10-12-5-2-1-3-6-12/h4-5,7-9,15,20H,1-3,6,10-11H2. The predicted molar refractivity (Wildman–Crippen MR) is 72.3 cm³/mol. The Hall–Kier alpha value is -1.29. The molecule has 0 saturated heterocycles. The van der Waals surface area contributed by atoms with E-state index in [0.717, 1.165) is 31.4 Å². The molecule has 1 aliphatic rings. The van der Waals surface area contributed by atoms with Gasteiger partial charge < -0.3 is 5.11 Å². The van der Waals surface area contributed by atoms with Crippen molar-refractivity contribution >= 4 is 0 Å². The minimum absolute atomic E-state index is 0.265. The first-order valence-electron chi connectivity index (χ1n) is 6.97. The smallest absolute Gasteiger partial charge is 0.392 e. The maximum Gasteiger partial charge on any atom is 0.416 e. The highest BCUT2D eigenvalue weighted by molar-refractivity contribution is 5.26. The molecule has 1 N–H and O–H groups in total. The van der Waals surface area contributed by atoms with E-state index in [1.165, 1.54) is 18.1 Å². The van der Waals surface area contributed by atoms with Crippen molar-refractivity contribution in [1.82, 2.24) is 0 Å².